The van der Waals surface area contributed by atoms with E-state index >= 15 is 0 Å². The van der Waals surface area contributed by atoms with Crippen molar-refractivity contribution in [3.05, 3.63) is 0 Å². The van der Waals surface area contributed by atoms with Crippen molar-refractivity contribution in [3.63, 3.8) is 0 Å². The summed E-state index contributed by atoms with van der Waals surface area (Å²) < 4.78 is 344. The molecule has 6 rings (SSSR count). The van der Waals surface area contributed by atoms with Crippen molar-refractivity contribution in [1.82, 2.24) is 0 Å². The lowest BCUT2D eigenvalue weighted by Crippen LogP contribution is -2.69. The molecule has 0 amide bonds. The van der Waals surface area contributed by atoms with E-state index in [1.807, 2.05) is 0 Å². The predicted octanol–water partition coefficient (Wildman–Crippen LogP) is -9.07. The summed E-state index contributed by atoms with van der Waals surface area (Å²) in [5.41, 5.74) is 0. The summed E-state index contributed by atoms with van der Waals surface area (Å²) in [5.74, 6) is 0. The summed E-state index contributed by atoms with van der Waals surface area (Å²) in [6.07, 6.45) is -53.2. The zero-order chi connectivity index (χ0) is 82.0. The van der Waals surface area contributed by atoms with Gasteiger partial charge in [-0.2, -0.15) is 0 Å². The van der Waals surface area contributed by atoms with Crippen LogP contribution in [0.25, 0.3) is 0 Å². The molecule has 0 saturated carbocycles. The van der Waals surface area contributed by atoms with Gasteiger partial charge in [-0.1, -0.05) is 0 Å². The highest BCUT2D eigenvalue weighted by molar-refractivity contribution is 7.90. The molecule has 0 spiro atoms. The van der Waals surface area contributed by atoms with Gasteiger partial charge in [0.2, 0.25) is 41.6 Å². The zero-order valence-electron chi connectivity index (χ0n) is 59.3. The maximum absolute atomic E-state index is 13.0. The monoisotopic (exact) mass is 1790 g/mol. The Morgan fingerprint density at radius 1 is 0.252 bits per heavy atom. The highest BCUT2D eigenvalue weighted by Crippen LogP contribution is 2.44. The summed E-state index contributed by atoms with van der Waals surface area (Å²) in [6, 6.07) is 0. The predicted molar refractivity (Wildman–Crippen MR) is 325 cm³/mol. The van der Waals surface area contributed by atoms with Gasteiger partial charge in [-0.15, -0.1) is 17.3 Å². The molecule has 6 aliphatic rings. The molecule has 0 N–H and O–H groups in total. The van der Waals surface area contributed by atoms with E-state index in [0.717, 1.165) is 14.2 Å². The van der Waals surface area contributed by atoms with Crippen LogP contribution in [0.2, 0.25) is 0 Å². The van der Waals surface area contributed by atoms with Gasteiger partial charge in [0.15, 0.2) is 99.2 Å². The second-order valence-corrected chi connectivity index (χ2v) is 28.6. The Labute approximate surface area is 649 Å². The Bertz CT molecular complexity index is 3080. The fourth-order valence-corrected chi connectivity index (χ4v) is 15.2. The smallest absolute Gasteiger partial charge is 0.218 e. The summed E-state index contributed by atoms with van der Waals surface area (Å²) >= 11 is -1.90. The largest absolute Gasteiger partial charge is 0.726 e. The zero-order valence-corrected chi connectivity index (χ0v) is 65.8. The van der Waals surface area contributed by atoms with E-state index in [1.165, 1.54) is 71.1 Å². The standard InChI is InChI=1S/C48H86O55S8/c1-65-13-19-25(31(68-4)37(72-8)43(76-12)80-19)86-44-38(73-9)32(69-5)26(20(81-44)14-66-2)87-45-39(74-10)33(70-6)27(21(82-45)15-67-3)88-46-40(75-11)34(71-7)28(22(83-46)16-77-108(53,54)55)89-48-42(95-111(62,63)64)35(92-105-101-97-50)29(23(84-48)17-78-109(56,57)58)90-47-41(94-107-103-99-52)36(93-106-102-98-51)30(91-104-100-96-49)24(85-47)18-79-110(59,60)61/h19-52H,13-18H2,1-12H3,(H,53,54,55)(H,56,57,58)(H,59,60,61)(H,62,63,64)/p-8/t19-,20-,21?,22?,23-,24-,25+,26+,27+,28+,29+,30+,31?,32?,33-,34-,35?,36?,37?,38?,39?,40?,41?,42?,43+,44+,45-,46-,47+,48-/m0/s1. The average Bonchev–Trinajstić information content (AvgIpc) is 0.762. The Morgan fingerprint density at radius 2 is 0.477 bits per heavy atom. The summed E-state index contributed by atoms with van der Waals surface area (Å²) in [5, 5.41) is 57.0. The first-order valence-corrected chi connectivity index (χ1v) is 38.9. The molecule has 6 fully saturated rings. The molecule has 0 aromatic heterocycles. The third kappa shape index (κ3) is 28.7. The molecule has 0 radical (unpaired) electrons. The quantitative estimate of drug-likeness (QED) is 0.0136. The Kier molecular flexibility index (Phi) is 43.5. The van der Waals surface area contributed by atoms with Gasteiger partial charge in [-0.3, -0.25) is 53.6 Å². The molecule has 0 bridgehead atoms. The van der Waals surface area contributed by atoms with Crippen LogP contribution < -0.4 is 21.0 Å². The van der Waals surface area contributed by atoms with E-state index < -0.39 is 302 Å². The molecule has 111 heavy (non-hydrogen) atoms. The molecule has 55 nitrogen and oxygen atoms in total. The Morgan fingerprint density at radius 3 is 0.739 bits per heavy atom. The summed E-state index contributed by atoms with van der Waals surface area (Å²) in [6.45, 7) is -5.37. The fraction of sp³-hybridized carbons (Fsp3) is 1.00. The maximum atomic E-state index is 13.0. The highest BCUT2D eigenvalue weighted by atomic mass is 32.3. The van der Waals surface area contributed by atoms with Crippen LogP contribution in [-0.2, 0) is 221 Å². The first-order chi connectivity index (χ1) is 52.9. The van der Waals surface area contributed by atoms with Crippen molar-refractivity contribution in [2.24, 2.45) is 0 Å². The van der Waals surface area contributed by atoms with Crippen LogP contribution in [0.5, 0.6) is 0 Å². The van der Waals surface area contributed by atoms with Crippen LogP contribution in [-0.4, -0.2) is 361 Å². The Hall–Kier alpha value is -0.680. The molecule has 12 unspecified atom stereocenters. The van der Waals surface area contributed by atoms with Crippen molar-refractivity contribution in [1.29, 1.82) is 0 Å². The van der Waals surface area contributed by atoms with Gasteiger partial charge in [-0.05, 0) is 0 Å². The lowest BCUT2D eigenvalue weighted by atomic mass is 9.94. The maximum Gasteiger partial charge on any atom is 0.218 e. The Balaban J connectivity index is 1.40. The lowest BCUT2D eigenvalue weighted by Gasteiger charge is -2.52. The van der Waals surface area contributed by atoms with Crippen LogP contribution in [0.3, 0.4) is 0 Å². The van der Waals surface area contributed by atoms with Crippen LogP contribution >= 0.6 is 49.3 Å². The lowest BCUT2D eigenvalue weighted by molar-refractivity contribution is -0.778. The number of ether oxygens (including phenoxy) is 23. The van der Waals surface area contributed by atoms with E-state index in [1.54, 1.807) is 0 Å². The van der Waals surface area contributed by atoms with Gasteiger partial charge < -0.3 is 148 Å². The minimum absolute atomic E-state index is 0.0173. The van der Waals surface area contributed by atoms with E-state index in [-0.39, 0.29) is 13.2 Å². The molecule has 0 aliphatic carbocycles. The number of methoxy groups -OCH3 is 12. The third-order valence-electron chi connectivity index (χ3n) is 16.6. The number of hydrogen-bond acceptors (Lipinski definition) is 59. The first kappa shape index (κ1) is 99.1. The van der Waals surface area contributed by atoms with Gasteiger partial charge in [0.05, 0.1) is 39.6 Å². The van der Waals surface area contributed by atoms with Crippen molar-refractivity contribution in [2.75, 3.05) is 125 Å². The van der Waals surface area contributed by atoms with Crippen molar-refractivity contribution >= 4 is 90.9 Å². The van der Waals surface area contributed by atoms with E-state index in [0.29, 0.717) is 0 Å². The summed E-state index contributed by atoms with van der Waals surface area (Å²) in [7, 11) is -8.45. The summed E-state index contributed by atoms with van der Waals surface area (Å²) in [4.78, 5) is 0. The van der Waals surface area contributed by atoms with Crippen molar-refractivity contribution in [2.45, 2.75) is 184 Å². The topological polar surface area (TPSA) is 681 Å². The normalized spacial score (nSPS) is 37.5. The van der Waals surface area contributed by atoms with Crippen LogP contribution in [0.15, 0.2) is 0 Å². The molecule has 656 valence electrons. The molecule has 6 heterocycles. The molecule has 6 aliphatic heterocycles. The second kappa shape index (κ2) is 48.7. The second-order valence-electron chi connectivity index (χ2n) is 22.6. The van der Waals surface area contributed by atoms with Crippen molar-refractivity contribution in [3.8, 4) is 0 Å². The molecular weight excluding hydrogens is 1710 g/mol. The van der Waals surface area contributed by atoms with E-state index in [4.69, 9.17) is 130 Å². The fourth-order valence-electron chi connectivity index (χ4n) is 12.4. The molecule has 6 saturated heterocycles. The molecule has 30 atom stereocenters. The number of hydrogen-bond donors (Lipinski definition) is 0. The number of rotatable bonds is 52. The van der Waals surface area contributed by atoms with E-state index in [2.05, 4.69) is 50.0 Å². The molecule has 0 aromatic rings. The van der Waals surface area contributed by atoms with Gasteiger partial charge in [0.1, 0.15) is 134 Å². The SMILES string of the molecule is COCC1O[C@@H](O[C@H]2C(OC)C(OC)[C@@H](O[C@H]3C(OC)C(OC)[C@H](OC)O[C@H]3COC)O[C@H]2COC)C(OC)[C@@H](OC)[C@@H]1O[C@@H]1OC(COS(=O)(=O)[O-])[C@@H](O[C@@H]2O[C@@H](COS(=O)(=O)[O-])[C@@H](O[C@H]3O[C@@H](COS(=O)(=O)[O-])[C@@H](OSOO[O-])C(OSOO[O-])C3OSOO[O-])C(OSOO[O-])C2OS(=O)(=O)[O-])[C@H](OC)C1OC. The van der Waals surface area contributed by atoms with Gasteiger partial charge >= 0.3 is 0 Å². The minimum atomic E-state index is -6.32. The van der Waals surface area contributed by atoms with E-state index in [9.17, 15) is 72.9 Å². The average molecular weight is 1790 g/mol. The van der Waals surface area contributed by atoms with Crippen LogP contribution in [0, 0.1) is 0 Å². The molecule has 0 aromatic carbocycles. The van der Waals surface area contributed by atoms with Gasteiger partial charge in [0.25, 0.3) is 0 Å². The van der Waals surface area contributed by atoms with Gasteiger partial charge in [-0.25, -0.2) is 33.7 Å². The molecular formula is C48H78O55S8-8. The molecule has 63 heteroatoms. The third-order valence-corrected chi connectivity index (χ3v) is 20.0. The van der Waals surface area contributed by atoms with Gasteiger partial charge in [0, 0.05) is 85.3 Å². The highest BCUT2D eigenvalue weighted by Gasteiger charge is 2.62. The van der Waals surface area contributed by atoms with Crippen LogP contribution in [0.1, 0.15) is 0 Å². The minimum Gasteiger partial charge on any atom is -0.726 e. The van der Waals surface area contributed by atoms with Crippen molar-refractivity contribution < 1.29 is 253 Å². The van der Waals surface area contributed by atoms with Crippen LogP contribution in [0.4, 0.5) is 0 Å². The first-order valence-electron chi connectivity index (χ1n) is 30.9.